The average Bonchev–Trinajstić information content (AvgIpc) is 1.97. The first kappa shape index (κ1) is 9.99. The van der Waals surface area contributed by atoms with Gasteiger partial charge in [0.15, 0.2) is 0 Å². The van der Waals surface area contributed by atoms with Gasteiger partial charge in [-0.3, -0.25) is 0 Å². The third-order valence-corrected chi connectivity index (χ3v) is 1.29. The van der Waals surface area contributed by atoms with Gasteiger partial charge in [0.25, 0.3) is 0 Å². The molecule has 0 saturated heterocycles. The molecule has 0 aromatic heterocycles. The molecule has 0 amide bonds. The molecule has 0 spiro atoms. The fourth-order valence-corrected chi connectivity index (χ4v) is 0.655. The zero-order chi connectivity index (χ0) is 7.66. The van der Waals surface area contributed by atoms with Crippen LogP contribution in [0.4, 0.5) is 0 Å². The Balaban J connectivity index is 2.83. The Morgan fingerprint density at radius 3 is 2.80 bits per heavy atom. The Labute approximate surface area is 68.0 Å². The number of halogens is 1. The van der Waals surface area contributed by atoms with Gasteiger partial charge in [0, 0.05) is 12.5 Å². The van der Waals surface area contributed by atoms with E-state index in [2.05, 4.69) is 6.92 Å². The Hall–Kier alpha value is -0.0100. The van der Waals surface area contributed by atoms with Crippen LogP contribution in [0, 0.1) is 0 Å². The maximum atomic E-state index is 5.40. The second-order valence-electron chi connectivity index (χ2n) is 2.05. The molecule has 0 bridgehead atoms. The van der Waals surface area contributed by atoms with Gasteiger partial charge in [-0.2, -0.15) is 0 Å². The Kier molecular flexibility index (Phi) is 8.98. The third-order valence-electron chi connectivity index (χ3n) is 1.11. The molecule has 60 valence electrons. The average molecular weight is 163 g/mol. The minimum Gasteiger partial charge on any atom is -0.377 e. The first-order chi connectivity index (χ1) is 4.91. The number of allylic oxidation sites excluding steroid dienone is 1. The first-order valence-electron chi connectivity index (χ1n) is 3.70. The van der Waals surface area contributed by atoms with Crippen LogP contribution in [0.1, 0.15) is 19.8 Å². The summed E-state index contributed by atoms with van der Waals surface area (Å²) in [5.74, 6) is 0.580. The van der Waals surface area contributed by atoms with Crippen LogP contribution in [0.25, 0.3) is 0 Å². The van der Waals surface area contributed by atoms with Crippen LogP contribution in [0.15, 0.2) is 12.2 Å². The smallest absolute Gasteiger partial charge is 0.0647 e. The molecule has 0 radical (unpaired) electrons. The molecular formula is C8H15ClO. The van der Waals surface area contributed by atoms with Crippen molar-refractivity contribution in [1.29, 1.82) is 0 Å². The van der Waals surface area contributed by atoms with Gasteiger partial charge < -0.3 is 4.74 Å². The molecule has 0 atom stereocenters. The number of alkyl halides is 1. The van der Waals surface area contributed by atoms with E-state index in [1.54, 1.807) is 0 Å². The van der Waals surface area contributed by atoms with Crippen LogP contribution in [0.5, 0.6) is 0 Å². The molecule has 0 heterocycles. The van der Waals surface area contributed by atoms with E-state index in [9.17, 15) is 0 Å². The van der Waals surface area contributed by atoms with Crippen molar-refractivity contribution < 1.29 is 4.74 Å². The van der Waals surface area contributed by atoms with Crippen LogP contribution in [0.2, 0.25) is 0 Å². The number of unbranched alkanes of at least 4 members (excludes halogenated alkanes) is 1. The van der Waals surface area contributed by atoms with Gasteiger partial charge in [0.1, 0.15) is 0 Å². The molecule has 10 heavy (non-hydrogen) atoms. The highest BCUT2D eigenvalue weighted by atomic mass is 35.5. The summed E-state index contributed by atoms with van der Waals surface area (Å²) in [5, 5.41) is 0. The molecule has 0 rings (SSSR count). The van der Waals surface area contributed by atoms with Crippen LogP contribution < -0.4 is 0 Å². The monoisotopic (exact) mass is 162 g/mol. The van der Waals surface area contributed by atoms with Gasteiger partial charge in [0.05, 0.1) is 6.61 Å². The van der Waals surface area contributed by atoms with Crippen molar-refractivity contribution in [2.45, 2.75) is 19.8 Å². The molecule has 0 aliphatic heterocycles. The quantitative estimate of drug-likeness (QED) is 0.332. The van der Waals surface area contributed by atoms with E-state index in [1.165, 1.54) is 6.42 Å². The zero-order valence-corrected chi connectivity index (χ0v) is 7.23. The molecule has 0 unspecified atom stereocenters. The zero-order valence-electron chi connectivity index (χ0n) is 6.48. The lowest BCUT2D eigenvalue weighted by molar-refractivity contribution is 0.159. The van der Waals surface area contributed by atoms with Gasteiger partial charge in [-0.05, 0) is 6.42 Å². The molecule has 0 saturated carbocycles. The third kappa shape index (κ3) is 7.99. The van der Waals surface area contributed by atoms with Crippen molar-refractivity contribution in [3.05, 3.63) is 12.2 Å². The normalized spacial score (nSPS) is 11.0. The van der Waals surface area contributed by atoms with Crippen molar-refractivity contribution in [2.75, 3.05) is 19.1 Å². The molecular weight excluding hydrogens is 148 g/mol. The Bertz CT molecular complexity index is 81.3. The van der Waals surface area contributed by atoms with E-state index in [0.29, 0.717) is 12.5 Å². The van der Waals surface area contributed by atoms with Crippen molar-refractivity contribution in [1.82, 2.24) is 0 Å². The van der Waals surface area contributed by atoms with Gasteiger partial charge in [-0.1, -0.05) is 25.5 Å². The second kappa shape index (κ2) is 8.99. The minimum atomic E-state index is 0.580. The summed E-state index contributed by atoms with van der Waals surface area (Å²) < 4.78 is 5.23. The maximum absolute atomic E-state index is 5.40. The number of hydrogen-bond acceptors (Lipinski definition) is 1. The summed E-state index contributed by atoms with van der Waals surface area (Å²) in [5.41, 5.74) is 0. The largest absolute Gasteiger partial charge is 0.377 e. The molecule has 0 fully saturated rings. The molecule has 0 aliphatic carbocycles. The van der Waals surface area contributed by atoms with Gasteiger partial charge in [-0.25, -0.2) is 0 Å². The molecule has 2 heteroatoms. The summed E-state index contributed by atoms with van der Waals surface area (Å²) in [7, 11) is 0. The summed E-state index contributed by atoms with van der Waals surface area (Å²) in [6, 6.07) is 0. The lowest BCUT2D eigenvalue weighted by atomic mass is 10.4. The van der Waals surface area contributed by atoms with Gasteiger partial charge >= 0.3 is 0 Å². The van der Waals surface area contributed by atoms with Crippen molar-refractivity contribution >= 4 is 11.6 Å². The molecule has 0 aliphatic rings. The number of hydrogen-bond donors (Lipinski definition) is 0. The Morgan fingerprint density at radius 1 is 1.40 bits per heavy atom. The van der Waals surface area contributed by atoms with Crippen molar-refractivity contribution in [3.8, 4) is 0 Å². The topological polar surface area (TPSA) is 9.23 Å². The molecule has 1 nitrogen and oxygen atoms in total. The van der Waals surface area contributed by atoms with E-state index >= 15 is 0 Å². The summed E-state index contributed by atoms with van der Waals surface area (Å²) in [6.45, 7) is 3.72. The predicted molar refractivity (Wildman–Crippen MR) is 45.6 cm³/mol. The molecule has 0 aromatic rings. The van der Waals surface area contributed by atoms with Crippen molar-refractivity contribution in [2.24, 2.45) is 0 Å². The summed E-state index contributed by atoms with van der Waals surface area (Å²) in [6.07, 6.45) is 6.18. The lowest BCUT2D eigenvalue weighted by Gasteiger charge is -1.96. The first-order valence-corrected chi connectivity index (χ1v) is 4.24. The lowest BCUT2D eigenvalue weighted by Crippen LogP contribution is -1.92. The highest BCUT2D eigenvalue weighted by Crippen LogP contribution is 1.88. The van der Waals surface area contributed by atoms with E-state index in [0.717, 1.165) is 13.0 Å². The fourth-order valence-electron chi connectivity index (χ4n) is 0.529. The van der Waals surface area contributed by atoms with Gasteiger partial charge in [-0.15, -0.1) is 11.6 Å². The summed E-state index contributed by atoms with van der Waals surface area (Å²) in [4.78, 5) is 0. The van der Waals surface area contributed by atoms with Crippen LogP contribution in [0.3, 0.4) is 0 Å². The molecule has 0 aromatic carbocycles. The van der Waals surface area contributed by atoms with E-state index < -0.39 is 0 Å². The maximum Gasteiger partial charge on any atom is 0.0647 e. The Morgan fingerprint density at radius 2 is 2.20 bits per heavy atom. The minimum absolute atomic E-state index is 0.580. The van der Waals surface area contributed by atoms with Crippen LogP contribution >= 0.6 is 11.6 Å². The highest BCUT2D eigenvalue weighted by Gasteiger charge is 1.81. The second-order valence-corrected chi connectivity index (χ2v) is 2.36. The fraction of sp³-hybridized carbons (Fsp3) is 0.750. The highest BCUT2D eigenvalue weighted by molar-refractivity contribution is 6.18. The van der Waals surface area contributed by atoms with Crippen molar-refractivity contribution in [3.63, 3.8) is 0 Å². The number of rotatable bonds is 6. The van der Waals surface area contributed by atoms with E-state index in [1.807, 2.05) is 12.2 Å². The van der Waals surface area contributed by atoms with Crippen LogP contribution in [-0.4, -0.2) is 19.1 Å². The van der Waals surface area contributed by atoms with Gasteiger partial charge in [0.2, 0.25) is 0 Å². The standard InChI is InChI=1S/C8H15ClO/c1-2-3-7-10-8-5-4-6-9/h4-5H,2-3,6-8H2,1H3/b5-4+. The SMILES string of the molecule is CCCCOC/C=C/CCl. The number of ether oxygens (including phenoxy) is 1. The van der Waals surface area contributed by atoms with E-state index in [-0.39, 0.29) is 0 Å². The van der Waals surface area contributed by atoms with E-state index in [4.69, 9.17) is 16.3 Å². The summed E-state index contributed by atoms with van der Waals surface area (Å²) >= 11 is 5.40. The molecule has 0 N–H and O–H groups in total. The van der Waals surface area contributed by atoms with Crippen LogP contribution in [-0.2, 0) is 4.74 Å². The predicted octanol–water partition coefficient (Wildman–Crippen LogP) is 2.60.